The van der Waals surface area contributed by atoms with E-state index >= 15 is 0 Å². The molecule has 1 aromatic carbocycles. The molecule has 0 bridgehead atoms. The van der Waals surface area contributed by atoms with E-state index in [0.29, 0.717) is 0 Å². The number of aromatic nitrogens is 2. The van der Waals surface area contributed by atoms with Crippen LogP contribution in [0.15, 0.2) is 35.2 Å². The molecule has 0 unspecified atom stereocenters. The Bertz CT molecular complexity index is 709. The van der Waals surface area contributed by atoms with E-state index in [9.17, 15) is 8.42 Å². The fraction of sp³-hybridized carbons (Fsp3) is 0.167. The largest absolute Gasteiger partial charge is 0.481 e. The summed E-state index contributed by atoms with van der Waals surface area (Å²) in [5, 5.41) is 5.19. The van der Waals surface area contributed by atoms with Crippen LogP contribution in [0, 0.1) is 0 Å². The van der Waals surface area contributed by atoms with Crippen LogP contribution < -0.4 is 14.6 Å². The average Bonchev–Trinajstić information content (AvgIpc) is 2.45. The quantitative estimate of drug-likeness (QED) is 0.895. The molecule has 0 fully saturated rings. The van der Waals surface area contributed by atoms with Crippen molar-refractivity contribution in [1.82, 2.24) is 9.97 Å². The topological polar surface area (TPSA) is 104 Å². The van der Waals surface area contributed by atoms with Crippen molar-refractivity contribution in [3.63, 3.8) is 0 Å². The maximum atomic E-state index is 11.6. The number of sulfonamides is 1. The van der Waals surface area contributed by atoms with Crippen LogP contribution in [-0.2, 0) is 10.0 Å². The Morgan fingerprint density at radius 3 is 2.10 bits per heavy atom. The molecule has 1 heterocycles. The molecule has 1 aromatic heterocycles. The molecule has 8 heteroatoms. The molecule has 0 radical (unpaired) electrons. The van der Waals surface area contributed by atoms with Gasteiger partial charge in [0.05, 0.1) is 25.2 Å². The minimum atomic E-state index is -3.88. The molecular formula is C12H13N3O4S. The summed E-state index contributed by atoms with van der Waals surface area (Å²) in [4.78, 5) is 8.16. The number of hydrogen-bond donors (Lipinski definition) is 1. The molecule has 0 saturated carbocycles. The zero-order valence-electron chi connectivity index (χ0n) is 10.9. The lowest BCUT2D eigenvalue weighted by Crippen LogP contribution is -2.14. The number of hydrogen-bond acceptors (Lipinski definition) is 6. The maximum absolute atomic E-state index is 11.6. The van der Waals surface area contributed by atoms with E-state index in [-0.39, 0.29) is 28.0 Å². The van der Waals surface area contributed by atoms with Gasteiger partial charge in [0.2, 0.25) is 21.8 Å². The number of nitrogens with two attached hydrogens (primary N) is 1. The fourth-order valence-electron chi connectivity index (χ4n) is 1.63. The van der Waals surface area contributed by atoms with E-state index in [2.05, 4.69) is 9.97 Å². The maximum Gasteiger partial charge on any atom is 0.238 e. The van der Waals surface area contributed by atoms with Gasteiger partial charge in [-0.2, -0.15) is 9.97 Å². The highest BCUT2D eigenvalue weighted by atomic mass is 32.2. The first kappa shape index (κ1) is 14.2. The van der Waals surface area contributed by atoms with Crippen molar-refractivity contribution in [1.29, 1.82) is 0 Å². The molecule has 7 nitrogen and oxygen atoms in total. The summed E-state index contributed by atoms with van der Waals surface area (Å²) >= 11 is 0. The first-order valence-corrected chi connectivity index (χ1v) is 7.09. The van der Waals surface area contributed by atoms with Gasteiger partial charge in [0, 0.05) is 5.56 Å². The molecule has 0 amide bonds. The summed E-state index contributed by atoms with van der Waals surface area (Å²) in [6.07, 6.45) is 0. The van der Waals surface area contributed by atoms with Crippen molar-refractivity contribution in [3.05, 3.63) is 30.3 Å². The van der Waals surface area contributed by atoms with Crippen molar-refractivity contribution in [2.45, 2.75) is 4.90 Å². The van der Waals surface area contributed by atoms with Gasteiger partial charge in [-0.25, -0.2) is 13.6 Å². The second kappa shape index (κ2) is 5.43. The van der Waals surface area contributed by atoms with Gasteiger partial charge in [0.15, 0.2) is 5.82 Å². The van der Waals surface area contributed by atoms with Crippen LogP contribution in [0.25, 0.3) is 11.4 Å². The molecule has 2 rings (SSSR count). The Labute approximate surface area is 116 Å². The van der Waals surface area contributed by atoms with Gasteiger partial charge in [-0.1, -0.05) is 12.1 Å². The third-order valence-corrected chi connectivity index (χ3v) is 3.50. The van der Waals surface area contributed by atoms with E-state index in [0.717, 1.165) is 0 Å². The van der Waals surface area contributed by atoms with E-state index in [4.69, 9.17) is 14.6 Å². The predicted octanol–water partition coefficient (Wildman–Crippen LogP) is 0.808. The van der Waals surface area contributed by atoms with E-state index in [1.807, 2.05) is 0 Å². The standard InChI is InChI=1S/C12H13N3O4S/c1-18-10-7-11(19-2)15-12(14-10)8-5-3-4-6-9(8)20(13,16)17/h3-7H,1-2H3,(H2,13,16,17). The summed E-state index contributed by atoms with van der Waals surface area (Å²) in [6.45, 7) is 0. The first-order chi connectivity index (χ1) is 9.45. The summed E-state index contributed by atoms with van der Waals surface area (Å²) in [5.41, 5.74) is 0.284. The zero-order chi connectivity index (χ0) is 14.8. The van der Waals surface area contributed by atoms with Crippen LogP contribution in [0.2, 0.25) is 0 Å². The van der Waals surface area contributed by atoms with Crippen LogP contribution in [0.4, 0.5) is 0 Å². The summed E-state index contributed by atoms with van der Waals surface area (Å²) in [5.74, 6) is 0.679. The molecule has 0 aliphatic carbocycles. The van der Waals surface area contributed by atoms with Gasteiger partial charge in [-0.3, -0.25) is 0 Å². The Balaban J connectivity index is 2.69. The molecule has 0 saturated heterocycles. The number of methoxy groups -OCH3 is 2. The van der Waals surface area contributed by atoms with Crippen molar-refractivity contribution in [2.75, 3.05) is 14.2 Å². The number of ether oxygens (including phenoxy) is 2. The SMILES string of the molecule is COc1cc(OC)nc(-c2ccccc2S(N)(=O)=O)n1. The van der Waals surface area contributed by atoms with E-state index in [1.54, 1.807) is 18.2 Å². The molecule has 0 aliphatic rings. The third-order valence-electron chi connectivity index (χ3n) is 2.53. The Kier molecular flexibility index (Phi) is 3.86. The van der Waals surface area contributed by atoms with Gasteiger partial charge in [0.1, 0.15) is 0 Å². The molecule has 0 spiro atoms. The number of benzene rings is 1. The highest BCUT2D eigenvalue weighted by Gasteiger charge is 2.18. The van der Waals surface area contributed by atoms with Gasteiger partial charge >= 0.3 is 0 Å². The van der Waals surface area contributed by atoms with Crippen LogP contribution in [0.5, 0.6) is 11.8 Å². The molecule has 20 heavy (non-hydrogen) atoms. The van der Waals surface area contributed by atoms with Crippen LogP contribution in [0.3, 0.4) is 0 Å². The molecule has 0 aliphatic heterocycles. The number of rotatable bonds is 4. The summed E-state index contributed by atoms with van der Waals surface area (Å²) in [6, 6.07) is 7.68. The van der Waals surface area contributed by atoms with E-state index in [1.165, 1.54) is 26.4 Å². The van der Waals surface area contributed by atoms with E-state index < -0.39 is 10.0 Å². The molecular weight excluding hydrogens is 282 g/mol. The highest BCUT2D eigenvalue weighted by Crippen LogP contribution is 2.27. The van der Waals surface area contributed by atoms with Crippen molar-refractivity contribution >= 4 is 10.0 Å². The number of primary sulfonamides is 1. The Hall–Kier alpha value is -2.19. The predicted molar refractivity (Wildman–Crippen MR) is 71.9 cm³/mol. The number of nitrogens with zero attached hydrogens (tertiary/aromatic N) is 2. The van der Waals surface area contributed by atoms with Crippen molar-refractivity contribution < 1.29 is 17.9 Å². The minimum Gasteiger partial charge on any atom is -0.481 e. The van der Waals surface area contributed by atoms with Gasteiger partial charge in [-0.15, -0.1) is 0 Å². The van der Waals surface area contributed by atoms with Gasteiger partial charge < -0.3 is 9.47 Å². The zero-order valence-corrected chi connectivity index (χ0v) is 11.7. The monoisotopic (exact) mass is 295 g/mol. The lowest BCUT2D eigenvalue weighted by molar-refractivity contribution is 0.372. The second-order valence-corrected chi connectivity index (χ2v) is 5.35. The second-order valence-electron chi connectivity index (χ2n) is 3.82. The third kappa shape index (κ3) is 2.86. The molecule has 106 valence electrons. The summed E-state index contributed by atoms with van der Waals surface area (Å²) in [7, 11) is -0.999. The van der Waals surface area contributed by atoms with Gasteiger partial charge in [-0.05, 0) is 12.1 Å². The highest BCUT2D eigenvalue weighted by molar-refractivity contribution is 7.89. The lowest BCUT2D eigenvalue weighted by atomic mass is 10.2. The smallest absolute Gasteiger partial charge is 0.238 e. The van der Waals surface area contributed by atoms with Gasteiger partial charge in [0.25, 0.3) is 0 Å². The Morgan fingerprint density at radius 2 is 1.60 bits per heavy atom. The normalized spacial score (nSPS) is 11.2. The molecule has 2 aromatic rings. The van der Waals surface area contributed by atoms with Crippen molar-refractivity contribution in [3.8, 4) is 23.1 Å². The lowest BCUT2D eigenvalue weighted by Gasteiger charge is -2.09. The Morgan fingerprint density at radius 1 is 1.05 bits per heavy atom. The van der Waals surface area contributed by atoms with Crippen LogP contribution in [0.1, 0.15) is 0 Å². The fourth-order valence-corrected chi connectivity index (χ4v) is 2.37. The minimum absolute atomic E-state index is 0.0599. The first-order valence-electron chi connectivity index (χ1n) is 5.55. The van der Waals surface area contributed by atoms with Crippen LogP contribution >= 0.6 is 0 Å². The van der Waals surface area contributed by atoms with Crippen molar-refractivity contribution in [2.24, 2.45) is 5.14 Å². The molecule has 0 atom stereocenters. The summed E-state index contributed by atoms with van der Waals surface area (Å²) < 4.78 is 33.3. The van der Waals surface area contributed by atoms with Crippen LogP contribution in [-0.4, -0.2) is 32.6 Å². The molecule has 2 N–H and O–H groups in total. The average molecular weight is 295 g/mol.